The Balaban J connectivity index is 2.09. The molecular weight excluding hydrogens is 322 g/mol. The molecule has 1 aromatic carbocycles. The van der Waals surface area contributed by atoms with Crippen molar-refractivity contribution >= 4 is 22.2 Å². The largest absolute Gasteiger partial charge is 0.508 e. The summed E-state index contributed by atoms with van der Waals surface area (Å²) in [6.45, 7) is 1.84. The summed E-state index contributed by atoms with van der Waals surface area (Å²) in [7, 11) is 0. The van der Waals surface area contributed by atoms with E-state index < -0.39 is 0 Å². The number of aromatic hydroxyl groups is 1. The molecule has 6 heteroatoms. The maximum Gasteiger partial charge on any atom is 0.257 e. The number of pyridine rings is 2. The lowest BCUT2D eigenvalue weighted by molar-refractivity contribution is 0.472. The van der Waals surface area contributed by atoms with Crippen molar-refractivity contribution in [1.82, 2.24) is 15.0 Å². The maximum absolute atomic E-state index is 12.1. The summed E-state index contributed by atoms with van der Waals surface area (Å²) in [6, 6.07) is 8.89. The zero-order valence-corrected chi connectivity index (χ0v) is 13.6. The number of phenolic OH excluding ortho intramolecular Hbond substituents is 1. The van der Waals surface area contributed by atoms with E-state index in [0.717, 1.165) is 21.5 Å². The topological polar surface area (TPSA) is 78.9 Å². The number of H-pyrrole nitrogens is 1. The third-order valence-electron chi connectivity index (χ3n) is 3.88. The van der Waals surface area contributed by atoms with E-state index in [1.165, 1.54) is 11.3 Å². The van der Waals surface area contributed by atoms with Gasteiger partial charge in [-0.3, -0.25) is 4.79 Å². The van der Waals surface area contributed by atoms with Crippen LogP contribution >= 0.6 is 11.3 Å². The highest BCUT2D eigenvalue weighted by Crippen LogP contribution is 2.35. The number of aryl methyl sites for hydroxylation is 1. The summed E-state index contributed by atoms with van der Waals surface area (Å²) in [5.41, 5.74) is 3.13. The number of nitrogens with one attached hydrogen (secondary N) is 1. The molecule has 0 aliphatic rings. The molecule has 0 amide bonds. The molecule has 3 heterocycles. The third kappa shape index (κ3) is 2.37. The van der Waals surface area contributed by atoms with Crippen molar-refractivity contribution in [3.8, 4) is 27.6 Å². The van der Waals surface area contributed by atoms with Crippen LogP contribution in [0.1, 0.15) is 5.56 Å². The molecule has 0 fully saturated rings. The average Bonchev–Trinajstić information content (AvgIpc) is 3.10. The molecule has 0 spiro atoms. The molecule has 0 aliphatic carbocycles. The zero-order valence-electron chi connectivity index (χ0n) is 12.8. The van der Waals surface area contributed by atoms with E-state index in [1.54, 1.807) is 30.6 Å². The molecule has 0 radical (unpaired) electrons. The fourth-order valence-electron chi connectivity index (χ4n) is 2.66. The summed E-state index contributed by atoms with van der Waals surface area (Å²) in [6.07, 6.45) is 3.33. The lowest BCUT2D eigenvalue weighted by Gasteiger charge is -2.10. The van der Waals surface area contributed by atoms with Gasteiger partial charge in [0.2, 0.25) is 0 Å². The van der Waals surface area contributed by atoms with Crippen LogP contribution in [0.15, 0.2) is 52.9 Å². The van der Waals surface area contributed by atoms with Crippen molar-refractivity contribution in [2.75, 3.05) is 0 Å². The molecular formula is C18H13N3O2S. The molecule has 0 bridgehead atoms. The second-order valence-corrected chi connectivity index (χ2v) is 6.36. The number of aromatic amines is 1. The Morgan fingerprint density at radius 3 is 2.83 bits per heavy atom. The standard InChI is InChI=1S/C18H13N3O2S/c1-10-7-12-13(18-20-5-6-24-18)8-14(21-15(12)9-16(10)22)11-3-2-4-19-17(11)23/h2-9,22H,1H3,(H,19,23). The van der Waals surface area contributed by atoms with Crippen LogP contribution in [0.5, 0.6) is 5.75 Å². The SMILES string of the molecule is Cc1cc2c(-c3nccs3)cc(-c3ccc[nH]c3=O)nc2cc1O. The molecule has 4 aromatic rings. The first-order valence-electron chi connectivity index (χ1n) is 7.36. The number of benzene rings is 1. The lowest BCUT2D eigenvalue weighted by Crippen LogP contribution is -2.08. The average molecular weight is 335 g/mol. The Kier molecular flexibility index (Phi) is 3.39. The first-order chi connectivity index (χ1) is 11.6. The number of nitrogens with zero attached hydrogens (tertiary/aromatic N) is 2. The van der Waals surface area contributed by atoms with Gasteiger partial charge in [0.1, 0.15) is 10.8 Å². The van der Waals surface area contributed by atoms with Gasteiger partial charge in [-0.1, -0.05) is 0 Å². The van der Waals surface area contributed by atoms with Gasteiger partial charge < -0.3 is 10.1 Å². The predicted molar refractivity (Wildman–Crippen MR) is 95.3 cm³/mol. The van der Waals surface area contributed by atoms with Gasteiger partial charge in [0, 0.05) is 34.8 Å². The fourth-order valence-corrected chi connectivity index (χ4v) is 3.33. The van der Waals surface area contributed by atoms with Crippen LogP contribution in [0.3, 0.4) is 0 Å². The van der Waals surface area contributed by atoms with Crippen molar-refractivity contribution in [3.05, 3.63) is 64.0 Å². The fraction of sp³-hybridized carbons (Fsp3) is 0.0556. The predicted octanol–water partition coefficient (Wildman–Crippen LogP) is 3.73. The molecule has 0 unspecified atom stereocenters. The van der Waals surface area contributed by atoms with Crippen LogP contribution in [0.2, 0.25) is 0 Å². The molecule has 0 saturated heterocycles. The zero-order chi connectivity index (χ0) is 16.7. The Bertz CT molecular complexity index is 1100. The second kappa shape index (κ2) is 5.58. The molecule has 5 nitrogen and oxygen atoms in total. The quantitative estimate of drug-likeness (QED) is 0.585. The van der Waals surface area contributed by atoms with Gasteiger partial charge in [0.15, 0.2) is 0 Å². The monoisotopic (exact) mass is 335 g/mol. The van der Waals surface area contributed by atoms with E-state index in [9.17, 15) is 9.90 Å². The van der Waals surface area contributed by atoms with E-state index in [2.05, 4.69) is 15.0 Å². The number of thiazole rings is 1. The molecule has 0 aliphatic heterocycles. The van der Waals surface area contributed by atoms with E-state index in [0.29, 0.717) is 16.8 Å². The van der Waals surface area contributed by atoms with Crippen LogP contribution in [-0.4, -0.2) is 20.1 Å². The number of fused-ring (bicyclic) bond motifs is 1. The summed E-state index contributed by atoms with van der Waals surface area (Å²) < 4.78 is 0. The van der Waals surface area contributed by atoms with Crippen molar-refractivity contribution in [3.63, 3.8) is 0 Å². The second-order valence-electron chi connectivity index (χ2n) is 5.46. The Morgan fingerprint density at radius 1 is 1.21 bits per heavy atom. The van der Waals surface area contributed by atoms with Crippen LogP contribution < -0.4 is 5.56 Å². The van der Waals surface area contributed by atoms with Crippen LogP contribution in [-0.2, 0) is 0 Å². The highest BCUT2D eigenvalue weighted by Gasteiger charge is 2.14. The molecule has 0 atom stereocenters. The molecule has 2 N–H and O–H groups in total. The molecule has 3 aromatic heterocycles. The summed E-state index contributed by atoms with van der Waals surface area (Å²) in [5.74, 6) is 0.180. The van der Waals surface area contributed by atoms with E-state index in [-0.39, 0.29) is 11.3 Å². The summed E-state index contributed by atoms with van der Waals surface area (Å²) in [5, 5.41) is 13.7. The molecule has 24 heavy (non-hydrogen) atoms. The van der Waals surface area contributed by atoms with E-state index >= 15 is 0 Å². The number of hydrogen-bond donors (Lipinski definition) is 2. The Labute approximate surface area is 141 Å². The minimum Gasteiger partial charge on any atom is -0.508 e. The van der Waals surface area contributed by atoms with Gasteiger partial charge in [-0.05, 0) is 36.8 Å². The first kappa shape index (κ1) is 14.6. The van der Waals surface area contributed by atoms with Gasteiger partial charge in [-0.25, -0.2) is 9.97 Å². The molecule has 4 rings (SSSR count). The lowest BCUT2D eigenvalue weighted by atomic mass is 10.0. The van der Waals surface area contributed by atoms with Crippen LogP contribution in [0.25, 0.3) is 32.7 Å². The third-order valence-corrected chi connectivity index (χ3v) is 4.69. The van der Waals surface area contributed by atoms with E-state index in [1.807, 2.05) is 24.4 Å². The van der Waals surface area contributed by atoms with Crippen molar-refractivity contribution in [2.45, 2.75) is 6.92 Å². The Morgan fingerprint density at radius 2 is 2.08 bits per heavy atom. The van der Waals surface area contributed by atoms with Gasteiger partial charge in [-0.15, -0.1) is 11.3 Å². The summed E-state index contributed by atoms with van der Waals surface area (Å²) in [4.78, 5) is 23.7. The van der Waals surface area contributed by atoms with Crippen molar-refractivity contribution < 1.29 is 5.11 Å². The van der Waals surface area contributed by atoms with Crippen molar-refractivity contribution in [2.24, 2.45) is 0 Å². The summed E-state index contributed by atoms with van der Waals surface area (Å²) >= 11 is 1.52. The minimum atomic E-state index is -0.203. The van der Waals surface area contributed by atoms with E-state index in [4.69, 9.17) is 0 Å². The van der Waals surface area contributed by atoms with Gasteiger partial charge in [-0.2, -0.15) is 0 Å². The Hall–Kier alpha value is -2.99. The smallest absolute Gasteiger partial charge is 0.257 e. The number of hydrogen-bond acceptors (Lipinski definition) is 5. The number of rotatable bonds is 2. The van der Waals surface area contributed by atoms with Gasteiger partial charge in [0.05, 0.1) is 16.8 Å². The molecule has 118 valence electrons. The number of phenols is 1. The number of aromatic nitrogens is 3. The first-order valence-corrected chi connectivity index (χ1v) is 8.24. The van der Waals surface area contributed by atoms with Crippen LogP contribution in [0, 0.1) is 6.92 Å². The highest BCUT2D eigenvalue weighted by atomic mass is 32.1. The normalized spacial score (nSPS) is 11.0. The minimum absolute atomic E-state index is 0.180. The highest BCUT2D eigenvalue weighted by molar-refractivity contribution is 7.13. The van der Waals surface area contributed by atoms with Gasteiger partial charge >= 0.3 is 0 Å². The molecule has 0 saturated carbocycles. The van der Waals surface area contributed by atoms with Crippen LogP contribution in [0.4, 0.5) is 0 Å². The maximum atomic E-state index is 12.1. The van der Waals surface area contributed by atoms with Gasteiger partial charge in [0.25, 0.3) is 5.56 Å². The van der Waals surface area contributed by atoms with Crippen molar-refractivity contribution in [1.29, 1.82) is 0 Å².